The van der Waals surface area contributed by atoms with Crippen molar-refractivity contribution < 1.29 is 8.42 Å². The van der Waals surface area contributed by atoms with E-state index in [0.717, 1.165) is 31.1 Å². The molecule has 1 fully saturated rings. The average molecular weight is 262 g/mol. The Bertz CT molecular complexity index is 378. The van der Waals surface area contributed by atoms with Crippen molar-refractivity contribution in [3.8, 4) is 0 Å². The number of aliphatic imine (C=N–C) groups is 1. The van der Waals surface area contributed by atoms with Crippen LogP contribution in [0.15, 0.2) is 4.99 Å². The van der Waals surface area contributed by atoms with Gasteiger partial charge in [0.2, 0.25) is 0 Å². The summed E-state index contributed by atoms with van der Waals surface area (Å²) in [7, 11) is -2.74. The Morgan fingerprint density at radius 2 is 2.38 bits per heavy atom. The molecule has 0 amide bonds. The van der Waals surface area contributed by atoms with Crippen LogP contribution in [0.3, 0.4) is 0 Å². The summed E-state index contributed by atoms with van der Waals surface area (Å²) in [4.78, 5) is 4.40. The van der Waals surface area contributed by atoms with E-state index in [1.54, 1.807) is 11.8 Å². The first-order chi connectivity index (χ1) is 7.59. The molecule has 2 heterocycles. The number of sulfone groups is 1. The zero-order valence-corrected chi connectivity index (χ0v) is 11.1. The molecule has 1 saturated heterocycles. The highest BCUT2D eigenvalue weighted by Crippen LogP contribution is 2.23. The molecule has 16 heavy (non-hydrogen) atoms. The van der Waals surface area contributed by atoms with Crippen LogP contribution in [0.1, 0.15) is 19.8 Å². The van der Waals surface area contributed by atoms with Crippen molar-refractivity contribution in [1.82, 2.24) is 5.32 Å². The van der Waals surface area contributed by atoms with Gasteiger partial charge >= 0.3 is 0 Å². The number of hydrogen-bond donors (Lipinski definition) is 1. The van der Waals surface area contributed by atoms with Crippen LogP contribution in [0, 0.1) is 5.92 Å². The standard InChI is InChI=1S/C10H18N2O2S2/c1-2-9-6-12-10(15-9)11-5-8-3-4-16(13,14)7-8/h8-9H,2-7H2,1H3,(H,11,12). The Labute approximate surface area is 101 Å². The van der Waals surface area contributed by atoms with Crippen molar-refractivity contribution in [3.05, 3.63) is 0 Å². The van der Waals surface area contributed by atoms with E-state index in [0.29, 0.717) is 16.8 Å². The molecule has 92 valence electrons. The van der Waals surface area contributed by atoms with E-state index in [1.165, 1.54) is 0 Å². The Kier molecular flexibility index (Phi) is 3.79. The summed E-state index contributed by atoms with van der Waals surface area (Å²) in [6.07, 6.45) is 1.93. The summed E-state index contributed by atoms with van der Waals surface area (Å²) in [6.45, 7) is 3.81. The van der Waals surface area contributed by atoms with Gasteiger partial charge in [0.1, 0.15) is 0 Å². The van der Waals surface area contributed by atoms with Crippen LogP contribution in [-0.4, -0.2) is 43.4 Å². The van der Waals surface area contributed by atoms with Crippen LogP contribution in [0.25, 0.3) is 0 Å². The Morgan fingerprint density at radius 3 is 2.94 bits per heavy atom. The second-order valence-electron chi connectivity index (χ2n) is 4.44. The van der Waals surface area contributed by atoms with Gasteiger partial charge in [0.15, 0.2) is 15.0 Å². The van der Waals surface area contributed by atoms with Crippen molar-refractivity contribution >= 4 is 26.8 Å². The molecule has 6 heteroatoms. The molecule has 0 aliphatic carbocycles. The van der Waals surface area contributed by atoms with Crippen LogP contribution in [0.4, 0.5) is 0 Å². The fourth-order valence-electron chi connectivity index (χ4n) is 1.99. The molecule has 0 aromatic rings. The number of rotatable bonds is 3. The summed E-state index contributed by atoms with van der Waals surface area (Å²) >= 11 is 1.78. The number of amidine groups is 1. The van der Waals surface area contributed by atoms with Gasteiger partial charge in [-0.1, -0.05) is 18.7 Å². The highest BCUT2D eigenvalue weighted by Gasteiger charge is 2.28. The number of hydrogen-bond acceptors (Lipinski definition) is 5. The van der Waals surface area contributed by atoms with Gasteiger partial charge in [-0.25, -0.2) is 8.42 Å². The molecule has 1 N–H and O–H groups in total. The quantitative estimate of drug-likeness (QED) is 0.821. The summed E-state index contributed by atoms with van der Waals surface area (Å²) in [5.74, 6) is 0.972. The average Bonchev–Trinajstić information content (AvgIpc) is 2.81. The topological polar surface area (TPSA) is 58.5 Å². The third kappa shape index (κ3) is 3.13. The first-order valence-corrected chi connectivity index (χ1v) is 8.44. The molecule has 2 aliphatic heterocycles. The highest BCUT2D eigenvalue weighted by atomic mass is 32.2. The van der Waals surface area contributed by atoms with Crippen molar-refractivity contribution in [3.63, 3.8) is 0 Å². The lowest BCUT2D eigenvalue weighted by molar-refractivity contribution is 0.574. The van der Waals surface area contributed by atoms with Gasteiger partial charge in [-0.3, -0.25) is 4.99 Å². The van der Waals surface area contributed by atoms with Crippen molar-refractivity contribution in [2.24, 2.45) is 10.9 Å². The van der Waals surface area contributed by atoms with Gasteiger partial charge in [-0.2, -0.15) is 0 Å². The van der Waals surface area contributed by atoms with E-state index in [9.17, 15) is 8.42 Å². The minimum absolute atomic E-state index is 0.272. The highest BCUT2D eigenvalue weighted by molar-refractivity contribution is 8.14. The molecule has 0 spiro atoms. The molecule has 4 nitrogen and oxygen atoms in total. The summed E-state index contributed by atoms with van der Waals surface area (Å²) in [5.41, 5.74) is 0. The summed E-state index contributed by atoms with van der Waals surface area (Å²) in [6, 6.07) is 0. The van der Waals surface area contributed by atoms with Gasteiger partial charge in [0.25, 0.3) is 0 Å². The van der Waals surface area contributed by atoms with Crippen molar-refractivity contribution in [1.29, 1.82) is 0 Å². The lowest BCUT2D eigenvalue weighted by atomic mass is 10.1. The molecule has 0 saturated carbocycles. The smallest absolute Gasteiger partial charge is 0.156 e. The minimum atomic E-state index is -2.74. The van der Waals surface area contributed by atoms with E-state index >= 15 is 0 Å². The van der Waals surface area contributed by atoms with E-state index < -0.39 is 9.84 Å². The third-order valence-electron chi connectivity index (χ3n) is 3.04. The van der Waals surface area contributed by atoms with Gasteiger partial charge in [-0.05, 0) is 18.8 Å². The monoisotopic (exact) mass is 262 g/mol. The van der Waals surface area contributed by atoms with Crippen LogP contribution >= 0.6 is 11.8 Å². The maximum Gasteiger partial charge on any atom is 0.156 e. The van der Waals surface area contributed by atoms with Gasteiger partial charge < -0.3 is 5.32 Å². The van der Waals surface area contributed by atoms with E-state index in [2.05, 4.69) is 17.2 Å². The predicted molar refractivity (Wildman–Crippen MR) is 68.7 cm³/mol. The van der Waals surface area contributed by atoms with Crippen LogP contribution in [0.5, 0.6) is 0 Å². The van der Waals surface area contributed by atoms with Crippen molar-refractivity contribution in [2.45, 2.75) is 25.0 Å². The molecule has 0 aromatic heterocycles. The zero-order chi connectivity index (χ0) is 11.6. The van der Waals surface area contributed by atoms with E-state index in [4.69, 9.17) is 0 Å². The minimum Gasteiger partial charge on any atom is -0.365 e. The zero-order valence-electron chi connectivity index (χ0n) is 9.48. The maximum absolute atomic E-state index is 11.3. The van der Waals surface area contributed by atoms with E-state index in [-0.39, 0.29) is 5.92 Å². The first kappa shape index (κ1) is 12.2. The lowest BCUT2D eigenvalue weighted by Gasteiger charge is -2.10. The molecular weight excluding hydrogens is 244 g/mol. The molecule has 2 unspecified atom stereocenters. The second-order valence-corrected chi connectivity index (χ2v) is 7.96. The Balaban J connectivity index is 1.73. The fourth-order valence-corrected chi connectivity index (χ4v) is 4.80. The van der Waals surface area contributed by atoms with Gasteiger partial charge in [-0.15, -0.1) is 0 Å². The number of thioether (sulfide) groups is 1. The van der Waals surface area contributed by atoms with Gasteiger partial charge in [0, 0.05) is 11.8 Å². The third-order valence-corrected chi connectivity index (χ3v) is 6.19. The molecule has 0 bridgehead atoms. The Morgan fingerprint density at radius 1 is 1.56 bits per heavy atom. The van der Waals surface area contributed by atoms with E-state index in [1.807, 2.05) is 0 Å². The SMILES string of the molecule is CCC1CN=C(NCC2CCS(=O)(=O)C2)S1. The Hall–Kier alpha value is -0.230. The normalized spacial score (nSPS) is 32.7. The predicted octanol–water partition coefficient (Wildman–Crippen LogP) is 0.892. The molecule has 0 radical (unpaired) electrons. The first-order valence-electron chi connectivity index (χ1n) is 5.74. The van der Waals surface area contributed by atoms with Crippen molar-refractivity contribution in [2.75, 3.05) is 24.6 Å². The number of nitrogens with one attached hydrogen (secondary N) is 1. The largest absolute Gasteiger partial charge is 0.365 e. The lowest BCUT2D eigenvalue weighted by Crippen LogP contribution is -2.27. The van der Waals surface area contributed by atoms with Crippen LogP contribution in [-0.2, 0) is 9.84 Å². The molecule has 2 rings (SSSR count). The summed E-state index contributed by atoms with van der Waals surface area (Å²) < 4.78 is 22.5. The van der Waals surface area contributed by atoms with Crippen LogP contribution < -0.4 is 5.32 Å². The van der Waals surface area contributed by atoms with Crippen LogP contribution in [0.2, 0.25) is 0 Å². The fraction of sp³-hybridized carbons (Fsp3) is 0.900. The molecule has 0 aromatic carbocycles. The maximum atomic E-state index is 11.3. The molecule has 2 atom stereocenters. The second kappa shape index (κ2) is 4.96. The molecule has 2 aliphatic rings. The molecular formula is C10H18N2O2S2. The summed E-state index contributed by atoms with van der Waals surface area (Å²) in [5, 5.41) is 4.88. The van der Waals surface area contributed by atoms with Gasteiger partial charge in [0.05, 0.1) is 18.1 Å². The number of nitrogens with zero attached hydrogens (tertiary/aromatic N) is 1.